The Morgan fingerprint density at radius 1 is 0.976 bits per heavy atom. The molecule has 2 aliphatic rings. The van der Waals surface area contributed by atoms with Crippen molar-refractivity contribution in [2.45, 2.75) is 85.5 Å². The number of hydrogen-bond donors (Lipinski definition) is 3. The molecule has 10 heteroatoms. The summed E-state index contributed by atoms with van der Waals surface area (Å²) in [6, 6.07) is 7.16. The van der Waals surface area contributed by atoms with E-state index in [1.807, 2.05) is 64.1 Å². The second kappa shape index (κ2) is 14.2. The topological polar surface area (TPSA) is 130 Å². The summed E-state index contributed by atoms with van der Waals surface area (Å²) in [6.07, 6.45) is 4.12. The molecule has 1 aromatic carbocycles. The number of benzene rings is 1. The molecule has 0 radical (unpaired) electrons. The number of pyridine rings is 1. The maximum atomic E-state index is 13.1. The minimum absolute atomic E-state index is 0.205. The molecule has 2 aromatic rings. The average Bonchev–Trinajstić information content (AvgIpc) is 2.97. The van der Waals surface area contributed by atoms with Gasteiger partial charge in [-0.1, -0.05) is 65.0 Å². The molecule has 5 atom stereocenters. The molecule has 0 saturated carbocycles. The molecule has 1 unspecified atom stereocenters. The van der Waals surface area contributed by atoms with Gasteiger partial charge < -0.3 is 15.4 Å². The molecule has 10 nitrogen and oxygen atoms in total. The third-order valence-corrected chi connectivity index (χ3v) is 7.15. The number of nitrogens with one attached hydrogen (secondary N) is 3. The van der Waals surface area contributed by atoms with E-state index in [9.17, 15) is 19.2 Å². The Morgan fingerprint density at radius 2 is 1.68 bits per heavy atom. The number of aromatic nitrogens is 1. The smallest absolute Gasteiger partial charge is 0.325 e. The van der Waals surface area contributed by atoms with Gasteiger partial charge in [-0.3, -0.25) is 24.2 Å². The van der Waals surface area contributed by atoms with Gasteiger partial charge in [-0.15, -0.1) is 0 Å². The monoisotopic (exact) mass is 565 g/mol. The quantitative estimate of drug-likeness (QED) is 0.450. The number of carbonyl (C=O) groups excluding carboxylic acids is 4. The number of ether oxygens (including phenoxy) is 1. The Morgan fingerprint density at radius 3 is 2.39 bits per heavy atom. The first-order chi connectivity index (χ1) is 19.5. The first kappa shape index (κ1) is 31.7. The van der Waals surface area contributed by atoms with Gasteiger partial charge in [0.25, 0.3) is 5.91 Å². The van der Waals surface area contributed by atoms with Gasteiger partial charge in [0.05, 0.1) is 17.1 Å². The number of fused-ring (bicyclic) bond motifs is 4. The van der Waals surface area contributed by atoms with Crippen molar-refractivity contribution in [2.75, 3.05) is 6.54 Å². The number of hydrazine groups is 1. The Bertz CT molecular complexity index is 1290. The standard InChI is InChI=1S/C29H37N5O5.C2H6/c1-16(2)25-27(36)30-18(4)28(37)34-14-6-7-23(33-34)29(38)39-19(5)22-13-12-21-11-10-20(15-24(21)31-22)9-8-17(3)26(35)32-25;1-2/h8-13,15-19,23,25,33H,6-7,14H2,1-5H3,(H,30,36)(H,32,35);1-2H3/b9-8+;/t17-,18+,19-,23+,25?;/m1./s1. The first-order valence-electron chi connectivity index (χ1n) is 14.5. The highest BCUT2D eigenvalue weighted by molar-refractivity contribution is 5.93. The van der Waals surface area contributed by atoms with Crippen LogP contribution in [-0.4, -0.2) is 58.4 Å². The lowest BCUT2D eigenvalue weighted by atomic mass is 10.0. The van der Waals surface area contributed by atoms with Crippen molar-refractivity contribution in [1.29, 1.82) is 0 Å². The van der Waals surface area contributed by atoms with E-state index in [1.165, 1.54) is 5.01 Å². The van der Waals surface area contributed by atoms with Gasteiger partial charge >= 0.3 is 5.97 Å². The largest absolute Gasteiger partial charge is 0.455 e. The van der Waals surface area contributed by atoms with Crippen molar-refractivity contribution in [1.82, 2.24) is 26.1 Å². The van der Waals surface area contributed by atoms with Crippen LogP contribution in [0.1, 0.15) is 78.7 Å². The molecule has 0 spiro atoms. The van der Waals surface area contributed by atoms with Gasteiger partial charge in [0.15, 0.2) is 0 Å². The number of rotatable bonds is 1. The number of esters is 1. The third kappa shape index (κ3) is 7.91. The van der Waals surface area contributed by atoms with Gasteiger partial charge in [-0.2, -0.15) is 0 Å². The van der Waals surface area contributed by atoms with Crippen LogP contribution in [0.3, 0.4) is 0 Å². The molecule has 0 aliphatic carbocycles. The second-order valence-corrected chi connectivity index (χ2v) is 10.7. The van der Waals surface area contributed by atoms with Crippen LogP contribution in [0.25, 0.3) is 17.0 Å². The fraction of sp³-hybridized carbons (Fsp3) is 0.516. The van der Waals surface area contributed by atoms with E-state index >= 15 is 0 Å². The Labute approximate surface area is 242 Å². The van der Waals surface area contributed by atoms with E-state index in [4.69, 9.17) is 9.72 Å². The van der Waals surface area contributed by atoms with Gasteiger partial charge in [-0.25, -0.2) is 10.4 Å². The summed E-state index contributed by atoms with van der Waals surface area (Å²) in [4.78, 5) is 56.9. The average molecular weight is 566 g/mol. The number of amides is 3. The molecular formula is C31H43N5O5. The van der Waals surface area contributed by atoms with Crippen molar-refractivity contribution in [3.8, 4) is 0 Å². The number of nitrogens with zero attached hydrogens (tertiary/aromatic N) is 2. The highest BCUT2D eigenvalue weighted by atomic mass is 16.5. The van der Waals surface area contributed by atoms with Crippen LogP contribution in [0.5, 0.6) is 0 Å². The molecule has 1 aromatic heterocycles. The molecule has 1 fully saturated rings. The van der Waals surface area contributed by atoms with Gasteiger partial charge in [-0.05, 0) is 50.3 Å². The van der Waals surface area contributed by atoms with Gasteiger partial charge in [0, 0.05) is 11.9 Å². The molecule has 5 bridgehead atoms. The molecule has 3 amide bonds. The minimum Gasteiger partial charge on any atom is -0.455 e. The molecule has 3 heterocycles. The SMILES string of the molecule is CC.CC(C)C1NC(=O)[C@H](C)/C=C/c2ccc3ccc(nc3c2)[C@@H](C)OC(=O)[C@@H]2CCCN(N2)C(=O)[C@H](C)NC1=O. The van der Waals surface area contributed by atoms with Crippen LogP contribution < -0.4 is 16.1 Å². The number of hydrogen-bond acceptors (Lipinski definition) is 7. The van der Waals surface area contributed by atoms with Crippen LogP contribution in [0.2, 0.25) is 0 Å². The van der Waals surface area contributed by atoms with Crippen molar-refractivity contribution in [3.63, 3.8) is 0 Å². The molecule has 4 rings (SSSR count). The third-order valence-electron chi connectivity index (χ3n) is 7.15. The molecule has 3 N–H and O–H groups in total. The van der Waals surface area contributed by atoms with E-state index in [0.29, 0.717) is 25.1 Å². The van der Waals surface area contributed by atoms with Crippen molar-refractivity contribution in [3.05, 3.63) is 47.7 Å². The normalized spacial score (nSPS) is 26.9. The van der Waals surface area contributed by atoms with Crippen molar-refractivity contribution >= 4 is 40.7 Å². The molecule has 2 aliphatic heterocycles. The summed E-state index contributed by atoms with van der Waals surface area (Å²) in [6.45, 7) is 13.2. The van der Waals surface area contributed by atoms with Gasteiger partial charge in [0.2, 0.25) is 11.8 Å². The summed E-state index contributed by atoms with van der Waals surface area (Å²) >= 11 is 0. The van der Waals surface area contributed by atoms with Crippen molar-refractivity contribution < 1.29 is 23.9 Å². The van der Waals surface area contributed by atoms with E-state index in [2.05, 4.69) is 16.1 Å². The van der Waals surface area contributed by atoms with Crippen molar-refractivity contribution in [2.24, 2.45) is 11.8 Å². The summed E-state index contributed by atoms with van der Waals surface area (Å²) in [5, 5.41) is 7.85. The maximum absolute atomic E-state index is 13.1. The van der Waals surface area contributed by atoms with Crippen LogP contribution in [0.15, 0.2) is 36.4 Å². The van der Waals surface area contributed by atoms with Crippen LogP contribution >= 0.6 is 0 Å². The zero-order chi connectivity index (χ0) is 30.3. The predicted molar refractivity (Wildman–Crippen MR) is 158 cm³/mol. The van der Waals surface area contributed by atoms with E-state index in [0.717, 1.165) is 16.5 Å². The highest BCUT2D eigenvalue weighted by Gasteiger charge is 2.34. The molecule has 222 valence electrons. The number of carbonyl (C=O) groups is 4. The summed E-state index contributed by atoms with van der Waals surface area (Å²) < 4.78 is 5.73. The highest BCUT2D eigenvalue weighted by Crippen LogP contribution is 2.23. The lowest BCUT2D eigenvalue weighted by molar-refractivity contribution is -0.157. The second-order valence-electron chi connectivity index (χ2n) is 10.7. The fourth-order valence-electron chi connectivity index (χ4n) is 4.67. The zero-order valence-corrected chi connectivity index (χ0v) is 25.1. The lowest BCUT2D eigenvalue weighted by Gasteiger charge is -2.35. The van der Waals surface area contributed by atoms with E-state index in [-0.39, 0.29) is 17.7 Å². The van der Waals surface area contributed by atoms with Gasteiger partial charge in [0.1, 0.15) is 24.2 Å². The predicted octanol–water partition coefficient (Wildman–Crippen LogP) is 3.67. The zero-order valence-electron chi connectivity index (χ0n) is 25.1. The van der Waals surface area contributed by atoms with Crippen LogP contribution in [0.4, 0.5) is 0 Å². The van der Waals surface area contributed by atoms with Crippen LogP contribution in [0, 0.1) is 11.8 Å². The minimum atomic E-state index is -0.870. The Hall–Kier alpha value is -3.79. The molecular weight excluding hydrogens is 522 g/mol. The van der Waals surface area contributed by atoms with Crippen LogP contribution in [-0.2, 0) is 23.9 Å². The summed E-state index contributed by atoms with van der Waals surface area (Å²) in [5.41, 5.74) is 5.17. The Kier molecular flexibility index (Phi) is 11.0. The maximum Gasteiger partial charge on any atom is 0.325 e. The molecule has 1 saturated heterocycles. The summed E-state index contributed by atoms with van der Waals surface area (Å²) in [5.74, 6) is -2.30. The number of cyclic esters (lactones) is 1. The Balaban J connectivity index is 0.00000226. The molecule has 41 heavy (non-hydrogen) atoms. The summed E-state index contributed by atoms with van der Waals surface area (Å²) in [7, 11) is 0. The van der Waals surface area contributed by atoms with E-state index in [1.54, 1.807) is 26.8 Å². The fourth-order valence-corrected chi connectivity index (χ4v) is 4.67. The lowest BCUT2D eigenvalue weighted by Crippen LogP contribution is -2.61. The van der Waals surface area contributed by atoms with E-state index < -0.39 is 42.0 Å². The first-order valence-corrected chi connectivity index (χ1v) is 14.5.